The molecule has 3 atom stereocenters. The van der Waals surface area contributed by atoms with Crippen molar-refractivity contribution in [1.82, 2.24) is 0 Å². The Morgan fingerprint density at radius 3 is 2.59 bits per heavy atom. The normalized spacial score (nSPS) is 24.5. The number of esters is 2. The third kappa shape index (κ3) is 3.97. The summed E-state index contributed by atoms with van der Waals surface area (Å²) in [4.78, 5) is 23.3. The number of hydrogen-bond donors (Lipinski definition) is 0. The van der Waals surface area contributed by atoms with Gasteiger partial charge in [0, 0.05) is 6.08 Å². The Bertz CT molecular complexity index is 539. The summed E-state index contributed by atoms with van der Waals surface area (Å²) in [6, 6.07) is 0. The van der Waals surface area contributed by atoms with E-state index in [9.17, 15) is 14.0 Å². The highest BCUT2D eigenvalue weighted by Crippen LogP contribution is 2.59. The molecule has 4 nitrogen and oxygen atoms in total. The van der Waals surface area contributed by atoms with Crippen LogP contribution in [0.15, 0.2) is 24.1 Å². The van der Waals surface area contributed by atoms with Gasteiger partial charge in [-0.3, -0.25) is 4.79 Å². The van der Waals surface area contributed by atoms with E-state index in [-0.39, 0.29) is 11.3 Å². The minimum Gasteiger partial charge on any atom is -0.466 e. The van der Waals surface area contributed by atoms with E-state index in [1.54, 1.807) is 13.0 Å². The lowest BCUT2D eigenvalue weighted by molar-refractivity contribution is -0.148. The fraction of sp³-hybridized carbons (Fsp3) is 0.529. The van der Waals surface area contributed by atoms with Gasteiger partial charge in [-0.05, 0) is 23.8 Å². The van der Waals surface area contributed by atoms with Gasteiger partial charge in [-0.2, -0.15) is 0 Å². The first kappa shape index (κ1) is 18.0. The molecule has 22 heavy (non-hydrogen) atoms. The van der Waals surface area contributed by atoms with Gasteiger partial charge in [0.1, 0.15) is 5.83 Å². The van der Waals surface area contributed by atoms with Gasteiger partial charge in [-0.1, -0.05) is 32.8 Å². The molecule has 0 radical (unpaired) electrons. The molecular formula is C17H21FO4. The van der Waals surface area contributed by atoms with Gasteiger partial charge >= 0.3 is 11.9 Å². The smallest absolute Gasteiger partial charge is 0.330 e. The minimum absolute atomic E-state index is 0.171. The molecule has 0 aromatic carbocycles. The molecule has 0 spiro atoms. The van der Waals surface area contributed by atoms with Crippen LogP contribution in [0.2, 0.25) is 0 Å². The second-order valence-corrected chi connectivity index (χ2v) is 5.69. The van der Waals surface area contributed by atoms with Crippen LogP contribution in [0.1, 0.15) is 27.2 Å². The van der Waals surface area contributed by atoms with Crippen molar-refractivity contribution in [3.63, 3.8) is 0 Å². The number of carbonyl (C=O) groups is 2. The molecule has 1 aliphatic carbocycles. The quantitative estimate of drug-likeness (QED) is 0.430. The highest BCUT2D eigenvalue weighted by molar-refractivity contribution is 5.83. The number of hydrogen-bond acceptors (Lipinski definition) is 4. The lowest BCUT2D eigenvalue weighted by atomic mass is 10.1. The van der Waals surface area contributed by atoms with Crippen molar-refractivity contribution < 1.29 is 23.5 Å². The zero-order valence-electron chi connectivity index (χ0n) is 13.3. The number of terminal acetylenes is 1. The van der Waals surface area contributed by atoms with Crippen LogP contribution >= 0.6 is 0 Å². The van der Waals surface area contributed by atoms with E-state index in [0.29, 0.717) is 6.42 Å². The monoisotopic (exact) mass is 308 g/mol. The fourth-order valence-corrected chi connectivity index (χ4v) is 2.40. The summed E-state index contributed by atoms with van der Waals surface area (Å²) < 4.78 is 23.2. The van der Waals surface area contributed by atoms with Crippen molar-refractivity contribution in [2.75, 3.05) is 7.11 Å². The molecule has 1 aliphatic rings. The summed E-state index contributed by atoms with van der Waals surface area (Å²) in [5, 5.41) is 0. The van der Waals surface area contributed by atoms with Gasteiger partial charge in [-0.15, -0.1) is 6.42 Å². The summed E-state index contributed by atoms with van der Waals surface area (Å²) >= 11 is 0. The number of halogens is 1. The molecule has 3 unspecified atom stereocenters. The Balaban J connectivity index is 2.74. The summed E-state index contributed by atoms with van der Waals surface area (Å²) in [6.45, 7) is 5.50. The third-order valence-corrected chi connectivity index (χ3v) is 3.84. The van der Waals surface area contributed by atoms with Gasteiger partial charge in [0.15, 0.2) is 0 Å². The predicted molar refractivity (Wildman–Crippen MR) is 80.1 cm³/mol. The first-order chi connectivity index (χ1) is 10.3. The van der Waals surface area contributed by atoms with Crippen molar-refractivity contribution in [3.05, 3.63) is 24.1 Å². The molecule has 0 amide bonds. The van der Waals surface area contributed by atoms with E-state index < -0.39 is 29.8 Å². The zero-order valence-corrected chi connectivity index (χ0v) is 13.3. The Morgan fingerprint density at radius 1 is 1.45 bits per heavy atom. The van der Waals surface area contributed by atoms with E-state index >= 15 is 0 Å². The van der Waals surface area contributed by atoms with Gasteiger partial charge in [0.05, 0.1) is 13.0 Å². The molecule has 0 N–H and O–H groups in total. The molecule has 1 rings (SSSR count). The van der Waals surface area contributed by atoms with E-state index in [4.69, 9.17) is 11.2 Å². The van der Waals surface area contributed by atoms with Gasteiger partial charge in [0.2, 0.25) is 6.10 Å². The Hall–Kier alpha value is -2.09. The van der Waals surface area contributed by atoms with E-state index in [2.05, 4.69) is 10.7 Å². The van der Waals surface area contributed by atoms with Crippen molar-refractivity contribution >= 4 is 11.9 Å². The van der Waals surface area contributed by atoms with E-state index in [1.165, 1.54) is 19.3 Å². The molecule has 0 heterocycles. The van der Waals surface area contributed by atoms with Crippen molar-refractivity contribution in [3.8, 4) is 12.3 Å². The van der Waals surface area contributed by atoms with Crippen LogP contribution in [-0.4, -0.2) is 25.2 Å². The summed E-state index contributed by atoms with van der Waals surface area (Å²) in [5.41, 5.74) is -0.369. The van der Waals surface area contributed by atoms with Crippen LogP contribution in [0.5, 0.6) is 0 Å². The second kappa shape index (κ2) is 7.26. The number of carbonyl (C=O) groups excluding carboxylic acids is 2. The standard InChI is InChI=1S/C17H21FO4/c1-6-8-12(18)13(7-2)22-16(20)15-11(17(15,3)4)9-10-14(19)21-5/h2,8-11,13,15H,6H2,1,3-5H3/b10-9+,12-8-. The summed E-state index contributed by atoms with van der Waals surface area (Å²) in [7, 11) is 1.27. The average molecular weight is 308 g/mol. The van der Waals surface area contributed by atoms with Crippen LogP contribution in [-0.2, 0) is 19.1 Å². The molecule has 120 valence electrons. The largest absolute Gasteiger partial charge is 0.466 e. The highest BCUT2D eigenvalue weighted by atomic mass is 19.1. The van der Waals surface area contributed by atoms with E-state index in [0.717, 1.165) is 0 Å². The topological polar surface area (TPSA) is 52.6 Å². The second-order valence-electron chi connectivity index (χ2n) is 5.69. The maximum Gasteiger partial charge on any atom is 0.330 e. The van der Waals surface area contributed by atoms with Crippen LogP contribution in [0.4, 0.5) is 4.39 Å². The Morgan fingerprint density at radius 2 is 2.09 bits per heavy atom. The summed E-state index contributed by atoms with van der Waals surface area (Å²) in [5.74, 6) is -0.202. The van der Waals surface area contributed by atoms with Crippen molar-refractivity contribution in [2.45, 2.75) is 33.3 Å². The first-order valence-electron chi connectivity index (χ1n) is 7.07. The predicted octanol–water partition coefficient (Wildman–Crippen LogP) is 2.80. The average Bonchev–Trinajstić information content (AvgIpc) is 3.03. The van der Waals surface area contributed by atoms with E-state index in [1.807, 2.05) is 13.8 Å². The van der Waals surface area contributed by atoms with Crippen molar-refractivity contribution in [2.24, 2.45) is 17.3 Å². The van der Waals surface area contributed by atoms with Gasteiger partial charge < -0.3 is 9.47 Å². The van der Waals surface area contributed by atoms with Crippen LogP contribution in [0.3, 0.4) is 0 Å². The zero-order chi connectivity index (χ0) is 16.9. The minimum atomic E-state index is -1.30. The molecule has 0 bridgehead atoms. The first-order valence-corrected chi connectivity index (χ1v) is 7.07. The number of methoxy groups -OCH3 is 1. The summed E-state index contributed by atoms with van der Waals surface area (Å²) in [6.07, 6.45) is 8.54. The fourth-order valence-electron chi connectivity index (χ4n) is 2.40. The molecule has 0 aliphatic heterocycles. The molecular weight excluding hydrogens is 287 g/mol. The Kier molecular flexibility index (Phi) is 5.92. The lowest BCUT2D eigenvalue weighted by Crippen LogP contribution is -2.20. The van der Waals surface area contributed by atoms with Gasteiger partial charge in [0.25, 0.3) is 0 Å². The van der Waals surface area contributed by atoms with Crippen molar-refractivity contribution in [1.29, 1.82) is 0 Å². The molecule has 5 heteroatoms. The number of allylic oxidation sites excluding steroid dienone is 2. The molecule has 1 saturated carbocycles. The molecule has 0 aromatic heterocycles. The molecule has 0 saturated heterocycles. The van der Waals surface area contributed by atoms with Crippen LogP contribution < -0.4 is 0 Å². The number of rotatable bonds is 6. The van der Waals surface area contributed by atoms with Crippen LogP contribution in [0, 0.1) is 29.6 Å². The molecule has 0 aromatic rings. The maximum atomic E-state index is 13.7. The van der Waals surface area contributed by atoms with Crippen LogP contribution in [0.25, 0.3) is 0 Å². The highest BCUT2D eigenvalue weighted by Gasteiger charge is 2.61. The SMILES string of the molecule is C#CC(OC(=O)C1C(/C=C/C(=O)OC)C1(C)C)/C(F)=C/CC. The molecule has 1 fully saturated rings. The lowest BCUT2D eigenvalue weighted by Gasteiger charge is -2.11. The third-order valence-electron chi connectivity index (χ3n) is 3.84. The maximum absolute atomic E-state index is 13.7. The Labute approximate surface area is 130 Å². The van der Waals surface area contributed by atoms with Gasteiger partial charge in [-0.25, -0.2) is 9.18 Å². The number of ether oxygens (including phenoxy) is 2.